The van der Waals surface area contributed by atoms with Crippen LogP contribution in [0.1, 0.15) is 20.9 Å². The molecule has 1 aromatic carbocycles. The Hall–Kier alpha value is -2.44. The van der Waals surface area contributed by atoms with E-state index in [4.69, 9.17) is 11.6 Å². The summed E-state index contributed by atoms with van der Waals surface area (Å²) in [6, 6.07) is 11.2. The first kappa shape index (κ1) is 18.9. The minimum atomic E-state index is 0.0501. The standard InChI is InChI=1S/C21H21ClN4OS/c1-14-15(2)28-20(24-14)17-5-8-19(23-13-17)25-9-11-26(12-10-25)21(27)16-3-6-18(22)7-4-16/h3-8,13H,9-12H2,1-2H3. The molecule has 0 radical (unpaired) electrons. The van der Waals surface area contributed by atoms with Crippen LogP contribution in [0.4, 0.5) is 5.82 Å². The second-order valence-corrected chi connectivity index (χ2v) is 8.49. The maximum atomic E-state index is 12.6. The van der Waals surface area contributed by atoms with Gasteiger partial charge in [-0.2, -0.15) is 0 Å². The highest BCUT2D eigenvalue weighted by molar-refractivity contribution is 7.15. The number of piperazine rings is 1. The van der Waals surface area contributed by atoms with Crippen molar-refractivity contribution in [2.24, 2.45) is 0 Å². The fourth-order valence-electron chi connectivity index (χ4n) is 3.21. The molecule has 0 aliphatic carbocycles. The molecule has 3 heterocycles. The van der Waals surface area contributed by atoms with Crippen molar-refractivity contribution in [2.45, 2.75) is 13.8 Å². The fourth-order valence-corrected chi connectivity index (χ4v) is 4.24. The van der Waals surface area contributed by atoms with Gasteiger partial charge in [-0.25, -0.2) is 9.97 Å². The van der Waals surface area contributed by atoms with Gasteiger partial charge in [-0.15, -0.1) is 11.3 Å². The zero-order chi connectivity index (χ0) is 19.7. The van der Waals surface area contributed by atoms with Crippen LogP contribution in [0.25, 0.3) is 10.6 Å². The SMILES string of the molecule is Cc1nc(-c2ccc(N3CCN(C(=O)c4ccc(Cl)cc4)CC3)nc2)sc1C. The Kier molecular flexibility index (Phi) is 5.33. The summed E-state index contributed by atoms with van der Waals surface area (Å²) in [5, 5.41) is 1.64. The molecule has 0 unspecified atom stereocenters. The van der Waals surface area contributed by atoms with Crippen LogP contribution >= 0.6 is 22.9 Å². The summed E-state index contributed by atoms with van der Waals surface area (Å²) in [6.45, 7) is 7.00. The van der Waals surface area contributed by atoms with E-state index in [1.54, 1.807) is 35.6 Å². The Morgan fingerprint density at radius 3 is 2.32 bits per heavy atom. The summed E-state index contributed by atoms with van der Waals surface area (Å²) >= 11 is 7.60. The number of amides is 1. The number of carbonyl (C=O) groups is 1. The molecule has 0 spiro atoms. The Morgan fingerprint density at radius 2 is 1.75 bits per heavy atom. The van der Waals surface area contributed by atoms with Crippen LogP contribution in [0.15, 0.2) is 42.6 Å². The molecule has 0 bridgehead atoms. The molecule has 1 aliphatic rings. The number of aryl methyl sites for hydroxylation is 2. The van der Waals surface area contributed by atoms with Gasteiger partial charge in [0.05, 0.1) is 5.69 Å². The molecule has 1 saturated heterocycles. The minimum Gasteiger partial charge on any atom is -0.353 e. The van der Waals surface area contributed by atoms with Crippen molar-refractivity contribution in [3.8, 4) is 10.6 Å². The second-order valence-electron chi connectivity index (χ2n) is 6.85. The predicted octanol–water partition coefficient (Wildman–Crippen LogP) is 4.44. The van der Waals surface area contributed by atoms with Crippen molar-refractivity contribution in [2.75, 3.05) is 31.1 Å². The summed E-state index contributed by atoms with van der Waals surface area (Å²) in [4.78, 5) is 27.2. The molecule has 1 fully saturated rings. The normalized spacial score (nSPS) is 14.4. The predicted molar refractivity (Wildman–Crippen MR) is 114 cm³/mol. The van der Waals surface area contributed by atoms with Crippen LogP contribution in [-0.2, 0) is 0 Å². The molecule has 3 aromatic rings. The first-order chi connectivity index (χ1) is 13.5. The average molecular weight is 413 g/mol. The van der Waals surface area contributed by atoms with Crippen LogP contribution in [0, 0.1) is 13.8 Å². The summed E-state index contributed by atoms with van der Waals surface area (Å²) in [5.74, 6) is 0.987. The number of nitrogens with zero attached hydrogens (tertiary/aromatic N) is 4. The Balaban J connectivity index is 1.39. The number of benzene rings is 1. The van der Waals surface area contributed by atoms with Crippen LogP contribution < -0.4 is 4.90 Å². The van der Waals surface area contributed by atoms with Crippen molar-refractivity contribution in [3.05, 3.63) is 63.8 Å². The number of anilines is 1. The highest BCUT2D eigenvalue weighted by Crippen LogP contribution is 2.28. The third-order valence-corrected chi connectivity index (χ3v) is 6.38. The molecule has 0 saturated carbocycles. The lowest BCUT2D eigenvalue weighted by Gasteiger charge is -2.35. The molecular formula is C21H21ClN4OS. The quantitative estimate of drug-likeness (QED) is 0.638. The maximum Gasteiger partial charge on any atom is 0.253 e. The molecular weight excluding hydrogens is 392 g/mol. The molecule has 1 aliphatic heterocycles. The largest absolute Gasteiger partial charge is 0.353 e. The lowest BCUT2D eigenvalue weighted by molar-refractivity contribution is 0.0746. The van der Waals surface area contributed by atoms with E-state index < -0.39 is 0 Å². The lowest BCUT2D eigenvalue weighted by atomic mass is 10.2. The Bertz CT molecular complexity index is 957. The lowest BCUT2D eigenvalue weighted by Crippen LogP contribution is -2.49. The van der Waals surface area contributed by atoms with Gasteiger partial charge in [0.15, 0.2) is 0 Å². The van der Waals surface area contributed by atoms with Crippen molar-refractivity contribution < 1.29 is 4.79 Å². The molecule has 1 amide bonds. The summed E-state index contributed by atoms with van der Waals surface area (Å²) in [5.41, 5.74) is 2.79. The zero-order valence-electron chi connectivity index (χ0n) is 15.9. The third-order valence-electron chi connectivity index (χ3n) is 5.01. The van der Waals surface area contributed by atoms with Gasteiger partial charge >= 0.3 is 0 Å². The Labute approximate surface area is 173 Å². The number of hydrogen-bond donors (Lipinski definition) is 0. The van der Waals surface area contributed by atoms with Gasteiger partial charge in [-0.1, -0.05) is 11.6 Å². The highest BCUT2D eigenvalue weighted by atomic mass is 35.5. The molecule has 144 valence electrons. The van der Waals surface area contributed by atoms with E-state index >= 15 is 0 Å². The number of hydrogen-bond acceptors (Lipinski definition) is 5. The smallest absolute Gasteiger partial charge is 0.253 e. The van der Waals surface area contributed by atoms with E-state index in [9.17, 15) is 4.79 Å². The van der Waals surface area contributed by atoms with Crippen LogP contribution in [0.3, 0.4) is 0 Å². The summed E-state index contributed by atoms with van der Waals surface area (Å²) in [6.07, 6.45) is 1.89. The molecule has 7 heteroatoms. The van der Waals surface area contributed by atoms with Gasteiger partial charge < -0.3 is 9.80 Å². The number of halogens is 1. The molecule has 5 nitrogen and oxygen atoms in total. The van der Waals surface area contributed by atoms with E-state index in [1.165, 1.54) is 4.88 Å². The van der Waals surface area contributed by atoms with Crippen molar-refractivity contribution in [1.82, 2.24) is 14.9 Å². The number of pyridine rings is 1. The average Bonchev–Trinajstić information content (AvgIpc) is 3.07. The van der Waals surface area contributed by atoms with Crippen LogP contribution in [-0.4, -0.2) is 47.0 Å². The minimum absolute atomic E-state index is 0.0501. The van der Waals surface area contributed by atoms with Gasteiger partial charge in [0.25, 0.3) is 5.91 Å². The van der Waals surface area contributed by atoms with E-state index in [-0.39, 0.29) is 5.91 Å². The number of carbonyl (C=O) groups excluding carboxylic acids is 1. The fraction of sp³-hybridized carbons (Fsp3) is 0.286. The number of thiazole rings is 1. The van der Waals surface area contributed by atoms with Gasteiger partial charge in [-0.05, 0) is 50.2 Å². The van der Waals surface area contributed by atoms with E-state index in [1.807, 2.05) is 24.1 Å². The first-order valence-corrected chi connectivity index (χ1v) is 10.4. The molecule has 0 atom stereocenters. The second kappa shape index (κ2) is 7.89. The monoisotopic (exact) mass is 412 g/mol. The van der Waals surface area contributed by atoms with E-state index in [0.717, 1.165) is 35.2 Å². The summed E-state index contributed by atoms with van der Waals surface area (Å²) in [7, 11) is 0. The van der Waals surface area contributed by atoms with Gasteiger partial charge in [0, 0.05) is 53.4 Å². The molecule has 2 aromatic heterocycles. The highest BCUT2D eigenvalue weighted by Gasteiger charge is 2.23. The van der Waals surface area contributed by atoms with E-state index in [0.29, 0.717) is 23.7 Å². The van der Waals surface area contributed by atoms with Gasteiger partial charge in [0.2, 0.25) is 0 Å². The van der Waals surface area contributed by atoms with Crippen LogP contribution in [0.5, 0.6) is 0 Å². The molecule has 4 rings (SSSR count). The Morgan fingerprint density at radius 1 is 1.04 bits per heavy atom. The van der Waals surface area contributed by atoms with E-state index in [2.05, 4.69) is 27.9 Å². The maximum absolute atomic E-state index is 12.6. The first-order valence-electron chi connectivity index (χ1n) is 9.21. The number of aromatic nitrogens is 2. The van der Waals surface area contributed by atoms with Gasteiger partial charge in [0.1, 0.15) is 10.8 Å². The van der Waals surface area contributed by atoms with Crippen molar-refractivity contribution in [1.29, 1.82) is 0 Å². The van der Waals surface area contributed by atoms with Crippen molar-refractivity contribution >= 4 is 34.7 Å². The topological polar surface area (TPSA) is 49.3 Å². The molecule has 0 N–H and O–H groups in total. The van der Waals surface area contributed by atoms with Crippen molar-refractivity contribution in [3.63, 3.8) is 0 Å². The third kappa shape index (κ3) is 3.88. The molecule has 28 heavy (non-hydrogen) atoms. The van der Waals surface area contributed by atoms with Crippen LogP contribution in [0.2, 0.25) is 5.02 Å². The zero-order valence-corrected chi connectivity index (χ0v) is 17.4. The number of rotatable bonds is 3. The summed E-state index contributed by atoms with van der Waals surface area (Å²) < 4.78 is 0. The van der Waals surface area contributed by atoms with Gasteiger partial charge in [-0.3, -0.25) is 4.79 Å².